The number of hydrogen-bond donors (Lipinski definition) is 1. The third-order valence-electron chi connectivity index (χ3n) is 1.93. The van der Waals surface area contributed by atoms with Crippen LogP contribution in [-0.2, 0) is 0 Å². The number of benzene rings is 1. The van der Waals surface area contributed by atoms with E-state index in [0.29, 0.717) is 10.4 Å². The fraction of sp³-hybridized carbons (Fsp3) is 0. The SMILES string of the molecule is O=C([O-])c1ccccc1-c1c[n+]([O-])[nH]n1. The minimum Gasteiger partial charge on any atom is -0.693 e. The molecule has 0 aliphatic heterocycles. The summed E-state index contributed by atoms with van der Waals surface area (Å²) in [5, 5.41) is 27.3. The van der Waals surface area contributed by atoms with Crippen LogP contribution in [0.4, 0.5) is 0 Å². The minimum atomic E-state index is -1.30. The van der Waals surface area contributed by atoms with Gasteiger partial charge < -0.3 is 15.1 Å². The van der Waals surface area contributed by atoms with Gasteiger partial charge in [0.25, 0.3) is 0 Å². The predicted octanol–water partition coefficient (Wildman–Crippen LogP) is -0.926. The molecule has 15 heavy (non-hydrogen) atoms. The van der Waals surface area contributed by atoms with E-state index in [-0.39, 0.29) is 11.3 Å². The Labute approximate surface area is 84.4 Å². The zero-order chi connectivity index (χ0) is 10.8. The lowest BCUT2D eigenvalue weighted by Gasteiger charge is -2.04. The normalized spacial score (nSPS) is 10.1. The Morgan fingerprint density at radius 2 is 2.13 bits per heavy atom. The molecule has 0 saturated carbocycles. The standard InChI is InChI=1S/C9H7N3O3/c13-9(14)7-4-2-1-3-6(7)8-5-12(15)11-10-8/h1-5,11H,(H,13,14)/p-1. The first-order valence-electron chi connectivity index (χ1n) is 4.14. The number of carbonyl (C=O) groups excluding carboxylic acids is 1. The topological polar surface area (TPSA) is 95.7 Å². The van der Waals surface area contributed by atoms with Crippen LogP contribution in [0, 0.1) is 5.21 Å². The number of carbonyl (C=O) groups is 1. The molecule has 76 valence electrons. The van der Waals surface area contributed by atoms with Crippen LogP contribution in [0.2, 0.25) is 0 Å². The Bertz CT molecular complexity index is 507. The summed E-state index contributed by atoms with van der Waals surface area (Å²) in [4.78, 5) is 11.2. The van der Waals surface area contributed by atoms with Gasteiger partial charge in [0.05, 0.1) is 5.97 Å². The van der Waals surface area contributed by atoms with Crippen molar-refractivity contribution in [2.45, 2.75) is 0 Å². The van der Waals surface area contributed by atoms with Gasteiger partial charge in [-0.3, -0.25) is 0 Å². The number of rotatable bonds is 2. The van der Waals surface area contributed by atoms with Gasteiger partial charge >= 0.3 is 0 Å². The summed E-state index contributed by atoms with van der Waals surface area (Å²) in [6.45, 7) is 0. The van der Waals surface area contributed by atoms with E-state index in [1.807, 2.05) is 0 Å². The Balaban J connectivity index is 2.57. The average Bonchev–Trinajstić information content (AvgIpc) is 2.65. The molecule has 2 rings (SSSR count). The van der Waals surface area contributed by atoms with Crippen LogP contribution < -0.4 is 9.95 Å². The summed E-state index contributed by atoms with van der Waals surface area (Å²) in [5.74, 6) is -1.30. The van der Waals surface area contributed by atoms with E-state index in [1.54, 1.807) is 18.2 Å². The third-order valence-corrected chi connectivity index (χ3v) is 1.93. The molecule has 1 heterocycles. The van der Waals surface area contributed by atoms with Crippen molar-refractivity contribution in [3.8, 4) is 11.3 Å². The van der Waals surface area contributed by atoms with E-state index < -0.39 is 5.97 Å². The summed E-state index contributed by atoms with van der Waals surface area (Å²) in [5.41, 5.74) is 0.623. The molecule has 1 aromatic heterocycles. The molecule has 6 nitrogen and oxygen atoms in total. The minimum absolute atomic E-state index is 0.00426. The van der Waals surface area contributed by atoms with Gasteiger partial charge in [0, 0.05) is 16.2 Å². The number of H-pyrrole nitrogens is 1. The first-order chi connectivity index (χ1) is 7.18. The molecule has 0 aliphatic rings. The van der Waals surface area contributed by atoms with E-state index in [2.05, 4.69) is 10.3 Å². The highest BCUT2D eigenvalue weighted by Gasteiger charge is 2.13. The molecule has 0 amide bonds. The largest absolute Gasteiger partial charge is 0.693 e. The number of aromatic nitrogens is 3. The van der Waals surface area contributed by atoms with E-state index in [4.69, 9.17) is 0 Å². The van der Waals surface area contributed by atoms with Crippen molar-refractivity contribution in [2.24, 2.45) is 0 Å². The molecular formula is C9H6N3O3-. The lowest BCUT2D eigenvalue weighted by Crippen LogP contribution is -2.26. The second-order valence-electron chi connectivity index (χ2n) is 2.88. The maximum atomic E-state index is 10.8. The van der Waals surface area contributed by atoms with Crippen molar-refractivity contribution in [3.05, 3.63) is 41.2 Å². The highest BCUT2D eigenvalue weighted by molar-refractivity contribution is 5.93. The first-order valence-corrected chi connectivity index (χ1v) is 4.14. The first kappa shape index (κ1) is 9.20. The fourth-order valence-corrected chi connectivity index (χ4v) is 1.29. The number of nitrogens with zero attached hydrogens (tertiary/aromatic N) is 2. The number of aromatic amines is 1. The highest BCUT2D eigenvalue weighted by Crippen LogP contribution is 2.19. The molecule has 0 atom stereocenters. The van der Waals surface area contributed by atoms with Gasteiger partial charge in [0.1, 0.15) is 0 Å². The van der Waals surface area contributed by atoms with Gasteiger partial charge in [-0.25, -0.2) is 0 Å². The van der Waals surface area contributed by atoms with Gasteiger partial charge in [-0.15, -0.1) is 0 Å². The zero-order valence-corrected chi connectivity index (χ0v) is 7.51. The van der Waals surface area contributed by atoms with E-state index in [1.165, 1.54) is 6.07 Å². The number of carboxylic acid groups (broad SMARTS) is 1. The molecule has 6 heteroatoms. The number of carboxylic acids is 1. The molecule has 0 unspecified atom stereocenters. The Kier molecular flexibility index (Phi) is 2.09. The van der Waals surface area contributed by atoms with Gasteiger partial charge in [0.2, 0.25) is 5.69 Å². The summed E-state index contributed by atoms with van der Waals surface area (Å²) in [6, 6.07) is 6.19. The van der Waals surface area contributed by atoms with Crippen molar-refractivity contribution < 1.29 is 14.7 Å². The van der Waals surface area contributed by atoms with E-state index >= 15 is 0 Å². The lowest BCUT2D eigenvalue weighted by atomic mass is 10.1. The Morgan fingerprint density at radius 3 is 2.73 bits per heavy atom. The maximum absolute atomic E-state index is 10.8. The number of nitrogens with one attached hydrogen (secondary N) is 1. The molecule has 0 saturated heterocycles. The van der Waals surface area contributed by atoms with Gasteiger partial charge in [-0.05, 0) is 6.07 Å². The summed E-state index contributed by atoms with van der Waals surface area (Å²) < 4.78 is 0. The molecule has 0 spiro atoms. The van der Waals surface area contributed by atoms with E-state index in [9.17, 15) is 15.1 Å². The monoisotopic (exact) mass is 204 g/mol. The summed E-state index contributed by atoms with van der Waals surface area (Å²) in [6.07, 6.45) is 1.15. The van der Waals surface area contributed by atoms with Gasteiger partial charge in [-0.2, -0.15) is 4.85 Å². The lowest BCUT2D eigenvalue weighted by molar-refractivity contribution is -0.668. The van der Waals surface area contributed by atoms with Crippen molar-refractivity contribution in [2.75, 3.05) is 0 Å². The molecule has 0 radical (unpaired) electrons. The maximum Gasteiger partial charge on any atom is 0.249 e. The molecule has 1 N–H and O–H groups in total. The Hall–Kier alpha value is -2.37. The molecule has 0 fully saturated rings. The van der Waals surface area contributed by atoms with Crippen LogP contribution in [0.3, 0.4) is 0 Å². The van der Waals surface area contributed by atoms with Gasteiger partial charge in [0.15, 0.2) is 6.20 Å². The van der Waals surface area contributed by atoms with Crippen LogP contribution in [0.25, 0.3) is 11.3 Å². The number of hydrogen-bond acceptors (Lipinski definition) is 4. The van der Waals surface area contributed by atoms with Crippen molar-refractivity contribution in [1.82, 2.24) is 10.3 Å². The Morgan fingerprint density at radius 1 is 1.40 bits per heavy atom. The quantitative estimate of drug-likeness (QED) is 0.505. The van der Waals surface area contributed by atoms with Crippen LogP contribution >= 0.6 is 0 Å². The smallest absolute Gasteiger partial charge is 0.249 e. The zero-order valence-electron chi connectivity index (χ0n) is 7.51. The molecular weight excluding hydrogens is 198 g/mol. The predicted molar refractivity (Wildman–Crippen MR) is 47.3 cm³/mol. The molecule has 0 aliphatic carbocycles. The van der Waals surface area contributed by atoms with Crippen molar-refractivity contribution >= 4 is 5.97 Å². The molecule has 1 aromatic carbocycles. The van der Waals surface area contributed by atoms with Crippen molar-refractivity contribution in [3.63, 3.8) is 0 Å². The van der Waals surface area contributed by atoms with Crippen LogP contribution in [-0.4, -0.2) is 16.3 Å². The van der Waals surface area contributed by atoms with Crippen LogP contribution in [0.5, 0.6) is 0 Å². The highest BCUT2D eigenvalue weighted by atomic mass is 16.5. The van der Waals surface area contributed by atoms with Gasteiger partial charge in [-0.1, -0.05) is 23.4 Å². The second kappa shape index (κ2) is 3.41. The molecule has 0 bridgehead atoms. The molecule has 2 aromatic rings. The number of aromatic carboxylic acids is 1. The second-order valence-corrected chi connectivity index (χ2v) is 2.88. The van der Waals surface area contributed by atoms with Crippen LogP contribution in [0.15, 0.2) is 30.5 Å². The van der Waals surface area contributed by atoms with Crippen molar-refractivity contribution in [1.29, 1.82) is 0 Å². The third kappa shape index (κ3) is 1.64. The van der Waals surface area contributed by atoms with E-state index in [0.717, 1.165) is 6.20 Å². The van der Waals surface area contributed by atoms with Crippen LogP contribution in [0.1, 0.15) is 10.4 Å². The summed E-state index contributed by atoms with van der Waals surface area (Å²) in [7, 11) is 0. The average molecular weight is 204 g/mol. The summed E-state index contributed by atoms with van der Waals surface area (Å²) >= 11 is 0. The fourth-order valence-electron chi connectivity index (χ4n) is 1.29.